The quantitative estimate of drug-likeness (QED) is 0.584. The summed E-state index contributed by atoms with van der Waals surface area (Å²) in [6.07, 6.45) is -1.85. The van der Waals surface area contributed by atoms with E-state index in [9.17, 15) is 13.2 Å². The highest BCUT2D eigenvalue weighted by Crippen LogP contribution is 2.19. The van der Waals surface area contributed by atoms with E-state index in [0.717, 1.165) is 17.7 Å². The summed E-state index contributed by atoms with van der Waals surface area (Å²) in [5.74, 6) is 0.780. The summed E-state index contributed by atoms with van der Waals surface area (Å²) in [4.78, 5) is 8.36. The normalized spacial score (nSPS) is 11.9. The number of rotatable bonds is 7. The summed E-state index contributed by atoms with van der Waals surface area (Å²) in [5.41, 5.74) is 1.77. The van der Waals surface area contributed by atoms with Gasteiger partial charge >= 0.3 is 6.18 Å². The topological polar surface area (TPSA) is 58.5 Å². The molecule has 0 fully saturated rings. The first-order valence-corrected chi connectivity index (χ1v) is 8.09. The Morgan fingerprint density at radius 1 is 1.15 bits per heavy atom. The lowest BCUT2D eigenvalue weighted by Crippen LogP contribution is -2.37. The van der Waals surface area contributed by atoms with Gasteiger partial charge in [0.1, 0.15) is 5.75 Å². The number of nitrogens with one attached hydrogen (secondary N) is 2. The number of alkyl halides is 3. The fourth-order valence-electron chi connectivity index (χ4n) is 2.17. The van der Waals surface area contributed by atoms with Gasteiger partial charge in [0, 0.05) is 38.4 Å². The zero-order valence-electron chi connectivity index (χ0n) is 14.4. The molecule has 140 valence electrons. The Labute approximate surface area is 150 Å². The zero-order valence-corrected chi connectivity index (χ0v) is 14.4. The van der Waals surface area contributed by atoms with Crippen LogP contribution in [0.25, 0.3) is 0 Å². The summed E-state index contributed by atoms with van der Waals surface area (Å²) in [6, 6.07) is 12.3. The third-order valence-corrected chi connectivity index (χ3v) is 3.38. The van der Waals surface area contributed by atoms with Crippen molar-refractivity contribution in [2.75, 3.05) is 20.2 Å². The third kappa shape index (κ3) is 7.42. The summed E-state index contributed by atoms with van der Waals surface area (Å²) in [6.45, 7) is -0.238. The molecule has 0 radical (unpaired) electrons. The number of benzene rings is 1. The van der Waals surface area contributed by atoms with Crippen LogP contribution < -0.4 is 15.4 Å². The molecule has 2 aromatic rings. The van der Waals surface area contributed by atoms with E-state index in [1.165, 1.54) is 6.07 Å². The fourth-order valence-corrected chi connectivity index (χ4v) is 2.17. The lowest BCUT2D eigenvalue weighted by atomic mass is 10.2. The molecule has 5 nitrogen and oxygen atoms in total. The van der Waals surface area contributed by atoms with Gasteiger partial charge in [-0.1, -0.05) is 18.2 Å². The predicted molar refractivity (Wildman–Crippen MR) is 94.1 cm³/mol. The van der Waals surface area contributed by atoms with Crippen LogP contribution in [0.4, 0.5) is 13.2 Å². The van der Waals surface area contributed by atoms with E-state index in [0.29, 0.717) is 19.0 Å². The van der Waals surface area contributed by atoms with Crippen molar-refractivity contribution in [3.63, 3.8) is 0 Å². The second-order valence-corrected chi connectivity index (χ2v) is 5.47. The molecule has 8 heteroatoms. The molecule has 0 saturated carbocycles. The summed E-state index contributed by atoms with van der Waals surface area (Å²) < 4.78 is 41.4. The monoisotopic (exact) mass is 366 g/mol. The number of hydrogen-bond acceptors (Lipinski definition) is 3. The van der Waals surface area contributed by atoms with Gasteiger partial charge in [-0.15, -0.1) is 0 Å². The highest BCUT2D eigenvalue weighted by molar-refractivity contribution is 5.79. The minimum absolute atomic E-state index is 0.180. The standard InChI is InChI=1S/C18H21F3N4O/c1-22-17(24-10-8-15-6-2-3-9-23-15)25-12-14-5-4-7-16(11-14)26-13-18(19,20)21/h2-7,9,11H,8,10,12-13H2,1H3,(H2,22,24,25). The molecule has 0 bridgehead atoms. The van der Waals surface area contributed by atoms with Crippen molar-refractivity contribution in [3.05, 3.63) is 59.9 Å². The zero-order chi connectivity index (χ0) is 18.8. The third-order valence-electron chi connectivity index (χ3n) is 3.38. The van der Waals surface area contributed by atoms with Crippen LogP contribution in [0.2, 0.25) is 0 Å². The van der Waals surface area contributed by atoms with Gasteiger partial charge in [-0.05, 0) is 29.8 Å². The van der Waals surface area contributed by atoms with Crippen LogP contribution in [0.3, 0.4) is 0 Å². The van der Waals surface area contributed by atoms with Crippen LogP contribution in [0.15, 0.2) is 53.7 Å². The molecule has 2 rings (SSSR count). The van der Waals surface area contributed by atoms with Gasteiger partial charge < -0.3 is 15.4 Å². The average Bonchev–Trinajstić information content (AvgIpc) is 2.63. The number of nitrogens with zero attached hydrogens (tertiary/aromatic N) is 2. The molecule has 2 N–H and O–H groups in total. The van der Waals surface area contributed by atoms with E-state index in [4.69, 9.17) is 4.74 Å². The van der Waals surface area contributed by atoms with Crippen molar-refractivity contribution in [1.29, 1.82) is 0 Å². The van der Waals surface area contributed by atoms with Gasteiger partial charge in [-0.3, -0.25) is 9.98 Å². The largest absolute Gasteiger partial charge is 0.484 e. The molecule has 0 unspecified atom stereocenters. The summed E-state index contributed by atoms with van der Waals surface area (Å²) in [7, 11) is 1.65. The van der Waals surface area contributed by atoms with E-state index in [1.54, 1.807) is 31.4 Å². The molecule has 1 heterocycles. The van der Waals surface area contributed by atoms with E-state index in [-0.39, 0.29) is 5.75 Å². The highest BCUT2D eigenvalue weighted by Gasteiger charge is 2.28. The van der Waals surface area contributed by atoms with Crippen LogP contribution in [0.5, 0.6) is 5.75 Å². The van der Waals surface area contributed by atoms with Crippen LogP contribution >= 0.6 is 0 Å². The minimum atomic E-state index is -4.35. The Morgan fingerprint density at radius 3 is 2.69 bits per heavy atom. The molecule has 0 atom stereocenters. The number of pyridine rings is 1. The first-order valence-electron chi connectivity index (χ1n) is 8.09. The van der Waals surface area contributed by atoms with Gasteiger partial charge in [0.2, 0.25) is 0 Å². The van der Waals surface area contributed by atoms with Crippen LogP contribution in [0.1, 0.15) is 11.3 Å². The molecule has 0 amide bonds. The van der Waals surface area contributed by atoms with Crippen LogP contribution in [-0.2, 0) is 13.0 Å². The molecule has 1 aromatic carbocycles. The maximum atomic E-state index is 12.2. The smallest absolute Gasteiger partial charge is 0.422 e. The molecule has 0 aliphatic rings. The van der Waals surface area contributed by atoms with Crippen molar-refractivity contribution in [2.45, 2.75) is 19.1 Å². The van der Waals surface area contributed by atoms with E-state index >= 15 is 0 Å². The van der Waals surface area contributed by atoms with E-state index in [1.807, 2.05) is 18.2 Å². The Balaban J connectivity index is 1.78. The first-order chi connectivity index (χ1) is 12.5. The van der Waals surface area contributed by atoms with Gasteiger partial charge in [-0.25, -0.2) is 0 Å². The lowest BCUT2D eigenvalue weighted by Gasteiger charge is -2.13. The predicted octanol–water partition coefficient (Wildman–Crippen LogP) is 2.93. The molecular formula is C18H21F3N4O. The minimum Gasteiger partial charge on any atom is -0.484 e. The molecule has 0 spiro atoms. The number of aromatic nitrogens is 1. The van der Waals surface area contributed by atoms with E-state index in [2.05, 4.69) is 20.6 Å². The van der Waals surface area contributed by atoms with Gasteiger partial charge in [0.15, 0.2) is 12.6 Å². The number of hydrogen-bond donors (Lipinski definition) is 2. The lowest BCUT2D eigenvalue weighted by molar-refractivity contribution is -0.153. The molecule has 0 aliphatic carbocycles. The van der Waals surface area contributed by atoms with E-state index < -0.39 is 12.8 Å². The van der Waals surface area contributed by atoms with Gasteiger partial charge in [0.25, 0.3) is 0 Å². The van der Waals surface area contributed by atoms with Crippen molar-refractivity contribution in [1.82, 2.24) is 15.6 Å². The molecule has 0 saturated heterocycles. The summed E-state index contributed by atoms with van der Waals surface area (Å²) >= 11 is 0. The van der Waals surface area contributed by atoms with Crippen molar-refractivity contribution in [3.8, 4) is 5.75 Å². The number of aliphatic imine (C=N–C) groups is 1. The van der Waals surface area contributed by atoms with Gasteiger partial charge in [-0.2, -0.15) is 13.2 Å². The Morgan fingerprint density at radius 2 is 2.00 bits per heavy atom. The molecule has 1 aromatic heterocycles. The van der Waals surface area contributed by atoms with Crippen LogP contribution in [-0.4, -0.2) is 37.3 Å². The molecular weight excluding hydrogens is 345 g/mol. The second kappa shape index (κ2) is 9.65. The fraction of sp³-hybridized carbons (Fsp3) is 0.333. The van der Waals surface area contributed by atoms with Crippen molar-refractivity contribution >= 4 is 5.96 Å². The van der Waals surface area contributed by atoms with Crippen molar-refractivity contribution in [2.24, 2.45) is 4.99 Å². The Kier molecular flexibility index (Phi) is 7.25. The number of halogens is 3. The number of guanidine groups is 1. The number of ether oxygens (including phenoxy) is 1. The SMILES string of the molecule is CN=C(NCCc1ccccn1)NCc1cccc(OCC(F)(F)F)c1. The van der Waals surface area contributed by atoms with Gasteiger partial charge in [0.05, 0.1) is 0 Å². The second-order valence-electron chi connectivity index (χ2n) is 5.47. The Hall–Kier alpha value is -2.77. The average molecular weight is 366 g/mol. The molecule has 26 heavy (non-hydrogen) atoms. The van der Waals surface area contributed by atoms with Crippen LogP contribution in [0, 0.1) is 0 Å². The molecule has 0 aliphatic heterocycles. The van der Waals surface area contributed by atoms with Crippen molar-refractivity contribution < 1.29 is 17.9 Å². The maximum Gasteiger partial charge on any atom is 0.422 e. The highest BCUT2D eigenvalue weighted by atomic mass is 19.4. The first kappa shape index (κ1) is 19.6. The maximum absolute atomic E-state index is 12.2. The summed E-state index contributed by atoms with van der Waals surface area (Å²) in [5, 5.41) is 6.28. The Bertz CT molecular complexity index is 705.